The van der Waals surface area contributed by atoms with E-state index in [9.17, 15) is 13.2 Å². The Bertz CT molecular complexity index is 1030. The van der Waals surface area contributed by atoms with Gasteiger partial charge in [-0.15, -0.1) is 0 Å². The van der Waals surface area contributed by atoms with Crippen molar-refractivity contribution in [3.8, 4) is 11.1 Å². The van der Waals surface area contributed by atoms with Crippen LogP contribution in [0, 0.1) is 0 Å². The van der Waals surface area contributed by atoms with Crippen LogP contribution < -0.4 is 10.9 Å². The fourth-order valence-corrected chi connectivity index (χ4v) is 3.01. The van der Waals surface area contributed by atoms with E-state index in [0.29, 0.717) is 16.8 Å². The molecule has 0 aliphatic rings. The Morgan fingerprint density at radius 3 is 1.84 bits per heavy atom. The molecule has 0 unspecified atom stereocenters. The minimum Gasteiger partial charge on any atom is -0.399 e. The van der Waals surface area contributed by atoms with Crippen LogP contribution in [0.25, 0.3) is 11.1 Å². The molecule has 0 spiro atoms. The van der Waals surface area contributed by atoms with Crippen LogP contribution in [0.15, 0.2) is 77.7 Å². The highest BCUT2D eigenvalue weighted by atomic mass is 32.2. The second-order valence-corrected chi connectivity index (χ2v) is 7.16. The molecule has 0 heterocycles. The lowest BCUT2D eigenvalue weighted by atomic mass is 9.99. The third-order valence-electron chi connectivity index (χ3n) is 3.81. The van der Waals surface area contributed by atoms with Gasteiger partial charge in [-0.25, -0.2) is 13.6 Å². The molecule has 0 aromatic heterocycles. The van der Waals surface area contributed by atoms with Crippen LogP contribution in [-0.2, 0) is 10.0 Å². The number of anilines is 1. The summed E-state index contributed by atoms with van der Waals surface area (Å²) in [5, 5.41) is 5.09. The van der Waals surface area contributed by atoms with Gasteiger partial charge in [-0.1, -0.05) is 48.5 Å². The summed E-state index contributed by atoms with van der Waals surface area (Å²) in [5.41, 5.74) is 9.03. The van der Waals surface area contributed by atoms with Crippen LogP contribution in [-0.4, -0.2) is 14.2 Å². The molecular weight excluding hydrogens is 336 g/mol. The summed E-state index contributed by atoms with van der Waals surface area (Å²) in [5.74, 6) is -0.108. The highest BCUT2D eigenvalue weighted by Crippen LogP contribution is 2.22. The van der Waals surface area contributed by atoms with Gasteiger partial charge in [0, 0.05) is 16.8 Å². The Hall–Kier alpha value is -2.96. The average Bonchev–Trinajstić information content (AvgIpc) is 2.61. The van der Waals surface area contributed by atoms with Gasteiger partial charge in [0.25, 0.3) is 0 Å². The van der Waals surface area contributed by atoms with E-state index in [0.717, 1.165) is 11.1 Å². The van der Waals surface area contributed by atoms with Gasteiger partial charge >= 0.3 is 0 Å². The summed E-state index contributed by atoms with van der Waals surface area (Å²) in [4.78, 5) is 12.5. The molecule has 3 aromatic rings. The fraction of sp³-hybridized carbons (Fsp3) is 0. The van der Waals surface area contributed by atoms with Crippen molar-refractivity contribution in [2.45, 2.75) is 4.90 Å². The molecular formula is C19H16N2O3S. The number of nitrogens with two attached hydrogens (primary N) is 2. The van der Waals surface area contributed by atoms with Gasteiger partial charge in [0.2, 0.25) is 10.0 Å². The fourth-order valence-electron chi connectivity index (χ4n) is 2.50. The summed E-state index contributed by atoms with van der Waals surface area (Å²) >= 11 is 0. The first-order valence-corrected chi connectivity index (χ1v) is 9.03. The first-order valence-electron chi connectivity index (χ1n) is 7.48. The monoisotopic (exact) mass is 352 g/mol. The molecule has 0 amide bonds. The lowest BCUT2D eigenvalue weighted by Crippen LogP contribution is -2.11. The molecule has 0 radical (unpaired) electrons. The van der Waals surface area contributed by atoms with Crippen LogP contribution in [0.5, 0.6) is 0 Å². The third kappa shape index (κ3) is 3.76. The zero-order valence-electron chi connectivity index (χ0n) is 13.2. The van der Waals surface area contributed by atoms with Crippen LogP contribution in [0.4, 0.5) is 5.69 Å². The molecule has 5 nitrogen and oxygen atoms in total. The molecule has 0 fully saturated rings. The number of sulfonamides is 1. The van der Waals surface area contributed by atoms with E-state index >= 15 is 0 Å². The molecule has 126 valence electrons. The Balaban J connectivity index is 1.86. The molecule has 4 N–H and O–H groups in total. The van der Waals surface area contributed by atoms with E-state index in [-0.39, 0.29) is 10.7 Å². The predicted molar refractivity (Wildman–Crippen MR) is 97.5 cm³/mol. The van der Waals surface area contributed by atoms with Crippen molar-refractivity contribution >= 4 is 21.5 Å². The number of primary sulfonamides is 1. The van der Waals surface area contributed by atoms with Crippen molar-refractivity contribution in [3.63, 3.8) is 0 Å². The van der Waals surface area contributed by atoms with E-state index in [2.05, 4.69) is 0 Å². The molecule has 0 aliphatic heterocycles. The summed E-state index contributed by atoms with van der Waals surface area (Å²) in [6.07, 6.45) is 0. The Morgan fingerprint density at radius 2 is 1.32 bits per heavy atom. The largest absolute Gasteiger partial charge is 0.399 e. The second-order valence-electron chi connectivity index (χ2n) is 5.60. The first-order chi connectivity index (χ1) is 11.8. The van der Waals surface area contributed by atoms with Gasteiger partial charge in [0.05, 0.1) is 4.90 Å². The summed E-state index contributed by atoms with van der Waals surface area (Å²) in [7, 11) is -3.71. The zero-order valence-corrected chi connectivity index (χ0v) is 14.0. The molecule has 0 atom stereocenters. The number of rotatable bonds is 4. The number of hydrogen-bond acceptors (Lipinski definition) is 4. The summed E-state index contributed by atoms with van der Waals surface area (Å²) in [6, 6.07) is 20.2. The second kappa shape index (κ2) is 6.51. The van der Waals surface area contributed by atoms with Gasteiger partial charge < -0.3 is 5.73 Å². The molecule has 0 saturated carbocycles. The SMILES string of the molecule is Nc1cccc(C(=O)c2ccc(-c3ccc(S(N)(=O)=O)cc3)cc2)c1. The highest BCUT2D eigenvalue weighted by molar-refractivity contribution is 7.89. The van der Waals surface area contributed by atoms with E-state index in [1.165, 1.54) is 12.1 Å². The maximum atomic E-state index is 12.5. The van der Waals surface area contributed by atoms with Crippen LogP contribution in [0.1, 0.15) is 15.9 Å². The van der Waals surface area contributed by atoms with E-state index in [1.807, 2.05) is 12.1 Å². The Kier molecular flexibility index (Phi) is 4.39. The van der Waals surface area contributed by atoms with Gasteiger partial charge in [0.1, 0.15) is 0 Å². The van der Waals surface area contributed by atoms with Crippen molar-refractivity contribution in [2.75, 3.05) is 5.73 Å². The molecule has 0 aliphatic carbocycles. The number of hydrogen-bond donors (Lipinski definition) is 2. The minimum absolute atomic E-state index is 0.0599. The Morgan fingerprint density at radius 1 is 0.760 bits per heavy atom. The van der Waals surface area contributed by atoms with E-state index in [4.69, 9.17) is 10.9 Å². The molecule has 6 heteroatoms. The Labute approximate surface area is 146 Å². The lowest BCUT2D eigenvalue weighted by Gasteiger charge is -2.06. The maximum Gasteiger partial charge on any atom is 0.238 e. The van der Waals surface area contributed by atoms with Crippen molar-refractivity contribution in [3.05, 3.63) is 83.9 Å². The number of nitrogen functional groups attached to an aromatic ring is 1. The van der Waals surface area contributed by atoms with Crippen molar-refractivity contribution < 1.29 is 13.2 Å². The third-order valence-corrected chi connectivity index (χ3v) is 4.74. The van der Waals surface area contributed by atoms with Gasteiger partial charge in [-0.2, -0.15) is 0 Å². The first kappa shape index (κ1) is 16.9. The molecule has 25 heavy (non-hydrogen) atoms. The normalized spacial score (nSPS) is 11.2. The topological polar surface area (TPSA) is 103 Å². The highest BCUT2D eigenvalue weighted by Gasteiger charge is 2.10. The zero-order chi connectivity index (χ0) is 18.0. The number of benzene rings is 3. The van der Waals surface area contributed by atoms with Crippen LogP contribution >= 0.6 is 0 Å². The van der Waals surface area contributed by atoms with Gasteiger partial charge in [0.15, 0.2) is 5.78 Å². The standard InChI is InChI=1S/C19H16N2O3S/c20-17-3-1-2-16(12-17)19(22)15-6-4-13(5-7-15)14-8-10-18(11-9-14)25(21,23)24/h1-12H,20H2,(H2,21,23,24). The predicted octanol–water partition coefficient (Wildman–Crippen LogP) is 2.81. The molecule has 0 bridgehead atoms. The molecule has 3 aromatic carbocycles. The van der Waals surface area contributed by atoms with Crippen molar-refractivity contribution in [2.24, 2.45) is 5.14 Å². The minimum atomic E-state index is -3.71. The number of ketones is 1. The number of carbonyl (C=O) groups excluding carboxylic acids is 1. The van der Waals surface area contributed by atoms with E-state index in [1.54, 1.807) is 48.5 Å². The van der Waals surface area contributed by atoms with E-state index < -0.39 is 10.0 Å². The summed E-state index contributed by atoms with van der Waals surface area (Å²) < 4.78 is 22.6. The molecule has 3 rings (SSSR count). The van der Waals surface area contributed by atoms with Gasteiger partial charge in [-0.3, -0.25) is 4.79 Å². The van der Waals surface area contributed by atoms with Crippen molar-refractivity contribution in [1.29, 1.82) is 0 Å². The smallest absolute Gasteiger partial charge is 0.238 e. The van der Waals surface area contributed by atoms with Crippen LogP contribution in [0.3, 0.4) is 0 Å². The van der Waals surface area contributed by atoms with Crippen molar-refractivity contribution in [1.82, 2.24) is 0 Å². The number of carbonyl (C=O) groups is 1. The summed E-state index contributed by atoms with van der Waals surface area (Å²) in [6.45, 7) is 0. The van der Waals surface area contributed by atoms with Gasteiger partial charge in [-0.05, 0) is 35.4 Å². The quantitative estimate of drug-likeness (QED) is 0.556. The lowest BCUT2D eigenvalue weighted by molar-refractivity contribution is 0.103. The maximum absolute atomic E-state index is 12.5. The van der Waals surface area contributed by atoms with Crippen LogP contribution in [0.2, 0.25) is 0 Å². The average molecular weight is 352 g/mol. The molecule has 0 saturated heterocycles.